The summed E-state index contributed by atoms with van der Waals surface area (Å²) < 4.78 is 67.5. The number of rotatable bonds is 9. The van der Waals surface area contributed by atoms with Crippen molar-refractivity contribution in [2.24, 2.45) is 20.5 Å². The first-order valence-corrected chi connectivity index (χ1v) is 17.1. The summed E-state index contributed by atoms with van der Waals surface area (Å²) in [6, 6.07) is 26.2. The molecule has 0 heterocycles. The van der Waals surface area contributed by atoms with Gasteiger partial charge in [-0.25, -0.2) is 0 Å². The summed E-state index contributed by atoms with van der Waals surface area (Å²) in [4.78, 5) is -1.32. The fourth-order valence-electron chi connectivity index (χ4n) is 5.08. The van der Waals surface area contributed by atoms with E-state index in [-0.39, 0.29) is 44.8 Å². The highest BCUT2D eigenvalue weighted by Crippen LogP contribution is 2.40. The van der Waals surface area contributed by atoms with Crippen molar-refractivity contribution >= 4 is 75.9 Å². The highest BCUT2D eigenvalue weighted by molar-refractivity contribution is 7.86. The van der Waals surface area contributed by atoms with Crippen molar-refractivity contribution in [3.63, 3.8) is 0 Å². The Morgan fingerprint density at radius 1 is 0.571 bits per heavy atom. The molecular formula is C33H25N5O9S2. The molecule has 0 radical (unpaired) electrons. The van der Waals surface area contributed by atoms with Crippen LogP contribution in [0, 0.1) is 0 Å². The van der Waals surface area contributed by atoms with Crippen LogP contribution in [0.1, 0.15) is 5.56 Å². The zero-order valence-corrected chi connectivity index (χ0v) is 26.6. The van der Waals surface area contributed by atoms with Gasteiger partial charge < -0.3 is 20.6 Å². The number of azo groups is 2. The average Bonchev–Trinajstić information content (AvgIpc) is 3.06. The second-order valence-electron chi connectivity index (χ2n) is 10.6. The molecule has 16 heteroatoms. The van der Waals surface area contributed by atoms with Crippen molar-refractivity contribution in [3.05, 3.63) is 109 Å². The van der Waals surface area contributed by atoms with Gasteiger partial charge in [-0.2, -0.15) is 27.1 Å². The molecule has 0 bridgehead atoms. The first kappa shape index (κ1) is 33.1. The second kappa shape index (κ2) is 13.0. The molecule has 0 saturated carbocycles. The normalized spacial score (nSPS) is 12.4. The summed E-state index contributed by atoms with van der Waals surface area (Å²) in [5.41, 5.74) is 1.56. The number of aromatic hydroxyl groups is 2. The quantitative estimate of drug-likeness (QED) is 0.0629. The molecule has 0 amide bonds. The van der Waals surface area contributed by atoms with E-state index in [1.807, 2.05) is 36.4 Å². The zero-order chi connectivity index (χ0) is 34.9. The van der Waals surface area contributed by atoms with Crippen LogP contribution in [0.2, 0.25) is 0 Å². The van der Waals surface area contributed by atoms with Crippen molar-refractivity contribution in [1.29, 1.82) is 0 Å². The number of hydrogen-bond donors (Lipinski definition) is 6. The largest absolute Gasteiger partial charge is 0.506 e. The minimum absolute atomic E-state index is 0.0658. The Hall–Kier alpha value is -5.78. The smallest absolute Gasteiger partial charge is 0.295 e. The van der Waals surface area contributed by atoms with Crippen LogP contribution in [0.4, 0.5) is 34.1 Å². The number of phenolic OH excluding ortho intramolecular Hbond substituents is 2. The van der Waals surface area contributed by atoms with Gasteiger partial charge in [-0.1, -0.05) is 36.4 Å². The summed E-state index contributed by atoms with van der Waals surface area (Å²) >= 11 is 0. The van der Waals surface area contributed by atoms with Gasteiger partial charge >= 0.3 is 0 Å². The highest BCUT2D eigenvalue weighted by Gasteiger charge is 2.21. The van der Waals surface area contributed by atoms with Crippen molar-refractivity contribution in [3.8, 4) is 11.5 Å². The van der Waals surface area contributed by atoms with E-state index < -0.39 is 42.4 Å². The minimum Gasteiger partial charge on any atom is -0.506 e. The summed E-state index contributed by atoms with van der Waals surface area (Å²) in [7, 11) is -9.68. The van der Waals surface area contributed by atoms with E-state index in [0.717, 1.165) is 41.0 Å². The van der Waals surface area contributed by atoms with Crippen molar-refractivity contribution < 1.29 is 41.3 Å². The maximum Gasteiger partial charge on any atom is 0.295 e. The molecule has 0 unspecified atom stereocenters. The van der Waals surface area contributed by atoms with Gasteiger partial charge in [-0.05, 0) is 66.0 Å². The standard InChI is InChI=1S/C33H25N5O9S2/c39-18-20-14-29(38-36-27-12-9-19-13-22(10-11-24(19)33(27)41)34-21-5-2-1-3-6-21)30(40)17-28(20)37-35-23-15-26-25(32(16-23)49(45,46)47)7-4-8-31(26)48(42,43)44/h1-17,34,39-41H,18H2,(H,42,43,44)(H,45,46,47). The summed E-state index contributed by atoms with van der Waals surface area (Å²) in [6.07, 6.45) is 0. The van der Waals surface area contributed by atoms with E-state index in [9.17, 15) is 41.3 Å². The van der Waals surface area contributed by atoms with Crippen molar-refractivity contribution in [2.45, 2.75) is 16.4 Å². The van der Waals surface area contributed by atoms with Gasteiger partial charge in [0.05, 0.1) is 18.0 Å². The lowest BCUT2D eigenvalue weighted by atomic mass is 10.1. The molecule has 0 aliphatic carbocycles. The third-order valence-corrected chi connectivity index (χ3v) is 9.18. The lowest BCUT2D eigenvalue weighted by molar-refractivity contribution is 0.282. The summed E-state index contributed by atoms with van der Waals surface area (Å²) in [5.74, 6) is -0.575. The first-order valence-electron chi connectivity index (χ1n) is 14.2. The maximum absolute atomic E-state index is 12.1. The summed E-state index contributed by atoms with van der Waals surface area (Å²) in [6.45, 7) is -0.599. The Morgan fingerprint density at radius 3 is 2.00 bits per heavy atom. The Morgan fingerprint density at radius 2 is 1.29 bits per heavy atom. The van der Waals surface area contributed by atoms with Gasteiger partial charge in [0.15, 0.2) is 5.75 Å². The van der Waals surface area contributed by atoms with E-state index in [1.165, 1.54) is 18.2 Å². The van der Waals surface area contributed by atoms with Crippen LogP contribution in [-0.4, -0.2) is 41.3 Å². The average molecular weight is 700 g/mol. The molecule has 248 valence electrons. The molecule has 0 fully saturated rings. The fraction of sp³-hybridized carbons (Fsp3) is 0.0303. The second-order valence-corrected chi connectivity index (χ2v) is 13.4. The SMILES string of the molecule is O=S(=O)(O)c1cc(N=Nc2cc(O)c(N=Nc3ccc4cc(Nc5ccccc5)ccc4c3O)cc2CO)cc2c(S(=O)(=O)O)cccc12. The number of phenols is 2. The lowest BCUT2D eigenvalue weighted by Crippen LogP contribution is -2.03. The van der Waals surface area contributed by atoms with E-state index >= 15 is 0 Å². The molecule has 6 rings (SSSR count). The van der Waals surface area contributed by atoms with Crippen molar-refractivity contribution in [2.75, 3.05) is 5.32 Å². The first-order chi connectivity index (χ1) is 23.3. The predicted molar refractivity (Wildman–Crippen MR) is 181 cm³/mol. The zero-order valence-electron chi connectivity index (χ0n) is 25.0. The number of fused-ring (bicyclic) bond motifs is 2. The van der Waals surface area contributed by atoms with Gasteiger partial charge in [0.2, 0.25) is 0 Å². The number of anilines is 2. The van der Waals surface area contributed by atoms with Gasteiger partial charge in [-0.3, -0.25) is 9.11 Å². The van der Waals surface area contributed by atoms with Gasteiger partial charge in [0.1, 0.15) is 26.9 Å². The third-order valence-electron chi connectivity index (χ3n) is 7.38. The highest BCUT2D eigenvalue weighted by atomic mass is 32.2. The number of para-hydroxylation sites is 1. The third kappa shape index (κ3) is 7.08. The molecule has 0 aliphatic heterocycles. The van der Waals surface area contributed by atoms with Gasteiger partial charge in [-0.15, -0.1) is 10.2 Å². The van der Waals surface area contributed by atoms with E-state index in [2.05, 4.69) is 25.8 Å². The number of nitrogens with zero attached hydrogens (tertiary/aromatic N) is 4. The Labute approximate surface area is 278 Å². The number of aliphatic hydroxyl groups excluding tert-OH is 1. The molecule has 0 saturated heterocycles. The maximum atomic E-state index is 12.1. The molecule has 14 nitrogen and oxygen atoms in total. The molecule has 0 atom stereocenters. The molecule has 6 aromatic rings. The number of nitrogens with one attached hydrogen (secondary N) is 1. The fourth-order valence-corrected chi connectivity index (χ4v) is 6.51. The van der Waals surface area contributed by atoms with Gasteiger partial charge in [0.25, 0.3) is 20.2 Å². The van der Waals surface area contributed by atoms with Crippen LogP contribution in [0.25, 0.3) is 21.5 Å². The Bertz CT molecular complexity index is 2540. The lowest BCUT2D eigenvalue weighted by Gasteiger charge is -2.09. The van der Waals surface area contributed by atoms with Crippen LogP contribution in [0.5, 0.6) is 11.5 Å². The molecular weight excluding hydrogens is 675 g/mol. The van der Waals surface area contributed by atoms with Crippen molar-refractivity contribution in [1.82, 2.24) is 0 Å². The van der Waals surface area contributed by atoms with E-state index in [4.69, 9.17) is 0 Å². The number of hydrogen-bond acceptors (Lipinski definition) is 12. The summed E-state index contributed by atoms with van der Waals surface area (Å²) in [5, 5.41) is 51.7. The Kier molecular flexibility index (Phi) is 8.81. The number of benzene rings is 6. The van der Waals surface area contributed by atoms with Crippen LogP contribution in [0.3, 0.4) is 0 Å². The molecule has 6 aromatic carbocycles. The van der Waals surface area contributed by atoms with Crippen LogP contribution in [0.15, 0.2) is 133 Å². The van der Waals surface area contributed by atoms with Crippen LogP contribution < -0.4 is 5.32 Å². The van der Waals surface area contributed by atoms with Crippen LogP contribution in [-0.2, 0) is 26.8 Å². The van der Waals surface area contributed by atoms with E-state index in [0.29, 0.717) is 5.39 Å². The molecule has 0 aromatic heterocycles. The molecule has 0 spiro atoms. The Balaban J connectivity index is 1.30. The number of aliphatic hydroxyl groups is 1. The van der Waals surface area contributed by atoms with E-state index in [1.54, 1.807) is 24.3 Å². The van der Waals surface area contributed by atoms with Crippen LogP contribution >= 0.6 is 0 Å². The molecule has 0 aliphatic rings. The minimum atomic E-state index is -4.88. The topological polar surface area (TPSA) is 231 Å². The monoisotopic (exact) mass is 699 g/mol. The van der Waals surface area contributed by atoms with Gasteiger partial charge in [0, 0.05) is 39.2 Å². The molecule has 49 heavy (non-hydrogen) atoms. The molecule has 6 N–H and O–H groups in total. The predicted octanol–water partition coefficient (Wildman–Crippen LogP) is 7.96.